The zero-order chi connectivity index (χ0) is 14.7. The molecular formula is C16H34N2S. The Morgan fingerprint density at radius 1 is 1.21 bits per heavy atom. The molecule has 0 aromatic heterocycles. The van der Waals surface area contributed by atoms with E-state index in [0.717, 1.165) is 6.54 Å². The van der Waals surface area contributed by atoms with Crippen LogP contribution in [-0.2, 0) is 0 Å². The summed E-state index contributed by atoms with van der Waals surface area (Å²) in [6, 6.07) is 0.661. The molecule has 114 valence electrons. The third-order valence-corrected chi connectivity index (χ3v) is 5.32. The molecule has 0 radical (unpaired) electrons. The molecule has 1 aliphatic rings. The van der Waals surface area contributed by atoms with Gasteiger partial charge in [-0.15, -0.1) is 0 Å². The van der Waals surface area contributed by atoms with Crippen LogP contribution < -0.4 is 5.32 Å². The van der Waals surface area contributed by atoms with Gasteiger partial charge in [0.1, 0.15) is 0 Å². The highest BCUT2D eigenvalue weighted by atomic mass is 32.2. The molecule has 0 aromatic rings. The lowest BCUT2D eigenvalue weighted by molar-refractivity contribution is 0.150. The standard InChI is InChI=1S/C16H34N2S/c1-13(2)14(12-17-15(3,4)5)18-9-8-16(6,7)19-11-10-18/h13-14,17H,8-12H2,1-7H3. The van der Waals surface area contributed by atoms with Crippen LogP contribution in [0.15, 0.2) is 0 Å². The minimum Gasteiger partial charge on any atom is -0.311 e. The Bertz CT molecular complexity index is 268. The molecule has 0 aromatic carbocycles. The molecule has 1 saturated heterocycles. The van der Waals surface area contributed by atoms with Crippen LogP contribution in [0.3, 0.4) is 0 Å². The Labute approximate surface area is 125 Å². The van der Waals surface area contributed by atoms with Gasteiger partial charge in [0.05, 0.1) is 0 Å². The van der Waals surface area contributed by atoms with Crippen molar-refractivity contribution in [1.29, 1.82) is 0 Å². The van der Waals surface area contributed by atoms with Crippen LogP contribution in [0.4, 0.5) is 0 Å². The van der Waals surface area contributed by atoms with Gasteiger partial charge in [-0.1, -0.05) is 27.7 Å². The maximum Gasteiger partial charge on any atom is 0.0244 e. The summed E-state index contributed by atoms with van der Waals surface area (Å²) in [5.74, 6) is 1.98. The van der Waals surface area contributed by atoms with Gasteiger partial charge in [0.15, 0.2) is 0 Å². The number of hydrogen-bond acceptors (Lipinski definition) is 3. The fourth-order valence-electron chi connectivity index (χ4n) is 2.56. The predicted molar refractivity (Wildman–Crippen MR) is 89.1 cm³/mol. The van der Waals surface area contributed by atoms with Crippen molar-refractivity contribution in [2.75, 3.05) is 25.4 Å². The highest BCUT2D eigenvalue weighted by Crippen LogP contribution is 2.31. The van der Waals surface area contributed by atoms with Crippen LogP contribution in [0, 0.1) is 5.92 Å². The third kappa shape index (κ3) is 6.50. The van der Waals surface area contributed by atoms with E-state index in [2.05, 4.69) is 70.4 Å². The van der Waals surface area contributed by atoms with Crippen molar-refractivity contribution in [2.24, 2.45) is 5.92 Å². The van der Waals surface area contributed by atoms with Gasteiger partial charge >= 0.3 is 0 Å². The second-order valence-electron chi connectivity index (χ2n) is 7.84. The zero-order valence-corrected chi connectivity index (χ0v) is 14.9. The van der Waals surface area contributed by atoms with Crippen LogP contribution in [-0.4, -0.2) is 46.6 Å². The lowest BCUT2D eigenvalue weighted by Gasteiger charge is -2.36. The minimum absolute atomic E-state index is 0.215. The fourth-order valence-corrected chi connectivity index (χ4v) is 3.68. The molecule has 1 rings (SSSR count). The zero-order valence-electron chi connectivity index (χ0n) is 14.0. The van der Waals surface area contributed by atoms with Crippen LogP contribution in [0.25, 0.3) is 0 Å². The van der Waals surface area contributed by atoms with Crippen molar-refractivity contribution in [3.05, 3.63) is 0 Å². The Morgan fingerprint density at radius 2 is 1.84 bits per heavy atom. The van der Waals surface area contributed by atoms with E-state index in [1.54, 1.807) is 0 Å². The molecule has 1 atom stereocenters. The van der Waals surface area contributed by atoms with E-state index in [0.29, 0.717) is 16.7 Å². The second kappa shape index (κ2) is 6.82. The van der Waals surface area contributed by atoms with E-state index in [9.17, 15) is 0 Å². The Kier molecular flexibility index (Phi) is 6.22. The van der Waals surface area contributed by atoms with Gasteiger partial charge in [-0.3, -0.25) is 4.90 Å². The van der Waals surface area contributed by atoms with Gasteiger partial charge in [0.2, 0.25) is 0 Å². The van der Waals surface area contributed by atoms with Gasteiger partial charge in [-0.25, -0.2) is 0 Å². The van der Waals surface area contributed by atoms with E-state index in [1.165, 1.54) is 25.3 Å². The molecule has 0 bridgehead atoms. The van der Waals surface area contributed by atoms with Crippen LogP contribution in [0.5, 0.6) is 0 Å². The molecule has 1 heterocycles. The first-order valence-electron chi connectivity index (χ1n) is 7.74. The summed E-state index contributed by atoms with van der Waals surface area (Å²) in [6.07, 6.45) is 1.30. The lowest BCUT2D eigenvalue weighted by Crippen LogP contribution is -2.50. The van der Waals surface area contributed by atoms with Crippen LogP contribution in [0.1, 0.15) is 54.9 Å². The van der Waals surface area contributed by atoms with E-state index in [-0.39, 0.29) is 5.54 Å². The van der Waals surface area contributed by atoms with Crippen molar-refractivity contribution in [3.63, 3.8) is 0 Å². The van der Waals surface area contributed by atoms with Crippen LogP contribution >= 0.6 is 11.8 Å². The van der Waals surface area contributed by atoms with E-state index >= 15 is 0 Å². The van der Waals surface area contributed by atoms with Crippen molar-refractivity contribution >= 4 is 11.8 Å². The molecule has 0 saturated carbocycles. The predicted octanol–water partition coefficient (Wildman–Crippen LogP) is 3.62. The first-order valence-corrected chi connectivity index (χ1v) is 8.72. The minimum atomic E-state index is 0.215. The molecular weight excluding hydrogens is 252 g/mol. The smallest absolute Gasteiger partial charge is 0.0244 e. The Balaban J connectivity index is 2.61. The van der Waals surface area contributed by atoms with E-state index < -0.39 is 0 Å². The van der Waals surface area contributed by atoms with E-state index in [4.69, 9.17) is 0 Å². The topological polar surface area (TPSA) is 15.3 Å². The average Bonchev–Trinajstić information content (AvgIpc) is 2.38. The lowest BCUT2D eigenvalue weighted by atomic mass is 9.99. The summed E-state index contributed by atoms with van der Waals surface area (Å²) in [7, 11) is 0. The van der Waals surface area contributed by atoms with Gasteiger partial charge in [-0.2, -0.15) is 11.8 Å². The maximum atomic E-state index is 3.69. The SMILES string of the molecule is CC(C)C(CNC(C)(C)C)N1CCSC(C)(C)CC1. The van der Waals surface area contributed by atoms with Crippen molar-refractivity contribution in [1.82, 2.24) is 10.2 Å². The molecule has 1 fully saturated rings. The molecule has 0 spiro atoms. The van der Waals surface area contributed by atoms with Gasteiger partial charge in [-0.05, 0) is 39.7 Å². The summed E-state index contributed by atoms with van der Waals surface area (Å²) in [5.41, 5.74) is 0.215. The quantitative estimate of drug-likeness (QED) is 0.850. The number of rotatable bonds is 4. The second-order valence-corrected chi connectivity index (χ2v) is 9.64. The molecule has 1 N–H and O–H groups in total. The number of thioether (sulfide) groups is 1. The Morgan fingerprint density at radius 3 is 2.37 bits per heavy atom. The third-order valence-electron chi connectivity index (χ3n) is 3.95. The van der Waals surface area contributed by atoms with Gasteiger partial charge in [0.25, 0.3) is 0 Å². The van der Waals surface area contributed by atoms with Gasteiger partial charge in [0, 0.05) is 35.2 Å². The number of nitrogens with one attached hydrogen (secondary N) is 1. The molecule has 2 nitrogen and oxygen atoms in total. The largest absolute Gasteiger partial charge is 0.311 e. The van der Waals surface area contributed by atoms with Crippen molar-refractivity contribution in [3.8, 4) is 0 Å². The summed E-state index contributed by atoms with van der Waals surface area (Å²) in [5, 5.41) is 3.69. The van der Waals surface area contributed by atoms with E-state index in [1.807, 2.05) is 0 Å². The van der Waals surface area contributed by atoms with Crippen molar-refractivity contribution < 1.29 is 0 Å². The average molecular weight is 287 g/mol. The first kappa shape index (κ1) is 17.3. The maximum absolute atomic E-state index is 3.69. The monoisotopic (exact) mass is 286 g/mol. The highest BCUT2D eigenvalue weighted by Gasteiger charge is 2.29. The normalized spacial score (nSPS) is 23.4. The molecule has 19 heavy (non-hydrogen) atoms. The number of hydrogen-bond donors (Lipinski definition) is 1. The van der Waals surface area contributed by atoms with Gasteiger partial charge < -0.3 is 5.32 Å². The molecule has 1 aliphatic heterocycles. The molecule has 0 aliphatic carbocycles. The van der Waals surface area contributed by atoms with Crippen LogP contribution in [0.2, 0.25) is 0 Å². The fraction of sp³-hybridized carbons (Fsp3) is 1.00. The Hall–Kier alpha value is 0.270. The summed E-state index contributed by atoms with van der Waals surface area (Å²) in [6.45, 7) is 19.8. The molecule has 1 unspecified atom stereocenters. The molecule has 3 heteroatoms. The summed E-state index contributed by atoms with van der Waals surface area (Å²) < 4.78 is 0.452. The highest BCUT2D eigenvalue weighted by molar-refractivity contribution is 8.00. The van der Waals surface area contributed by atoms with Crippen molar-refractivity contribution in [2.45, 2.75) is 71.2 Å². The first-order chi connectivity index (χ1) is 8.61. The number of nitrogens with zero attached hydrogens (tertiary/aromatic N) is 1. The summed E-state index contributed by atoms with van der Waals surface area (Å²) in [4.78, 5) is 2.71. The molecule has 0 amide bonds. The summed E-state index contributed by atoms with van der Waals surface area (Å²) >= 11 is 2.14.